The Morgan fingerprint density at radius 2 is 1.95 bits per heavy atom. The minimum absolute atomic E-state index is 0.157. The van der Waals surface area contributed by atoms with Gasteiger partial charge < -0.3 is 15.2 Å². The van der Waals surface area contributed by atoms with Gasteiger partial charge in [0.1, 0.15) is 11.6 Å². The molecule has 0 aliphatic heterocycles. The zero-order valence-electron chi connectivity index (χ0n) is 11.7. The third kappa shape index (κ3) is 4.82. The van der Waals surface area contributed by atoms with E-state index < -0.39 is 0 Å². The molecule has 0 saturated carbocycles. The molecule has 22 heavy (non-hydrogen) atoms. The van der Waals surface area contributed by atoms with Crippen LogP contribution in [0.15, 0.2) is 46.9 Å². The molecule has 6 heteroatoms. The lowest BCUT2D eigenvalue weighted by Gasteiger charge is -2.11. The minimum Gasteiger partial charge on any atom is -0.483 e. The highest BCUT2D eigenvalue weighted by Gasteiger charge is 2.07. The molecule has 0 unspecified atom stereocenters. The van der Waals surface area contributed by atoms with E-state index in [1.807, 2.05) is 0 Å². The van der Waals surface area contributed by atoms with Crippen molar-refractivity contribution >= 4 is 21.8 Å². The van der Waals surface area contributed by atoms with E-state index in [9.17, 15) is 14.3 Å². The van der Waals surface area contributed by atoms with Gasteiger partial charge in [0.15, 0.2) is 6.61 Å². The van der Waals surface area contributed by atoms with Crippen LogP contribution in [0.2, 0.25) is 0 Å². The van der Waals surface area contributed by atoms with Crippen LogP contribution in [-0.4, -0.2) is 17.6 Å². The average Bonchev–Trinajstić information content (AvgIpc) is 2.53. The molecule has 2 aromatic rings. The number of carbonyl (C=O) groups is 1. The number of aliphatic hydroxyl groups is 1. The van der Waals surface area contributed by atoms with Gasteiger partial charge in [0.2, 0.25) is 0 Å². The Morgan fingerprint density at radius 1 is 1.23 bits per heavy atom. The second-order valence-electron chi connectivity index (χ2n) is 4.60. The van der Waals surface area contributed by atoms with Gasteiger partial charge in [-0.15, -0.1) is 0 Å². The first-order chi connectivity index (χ1) is 10.6. The van der Waals surface area contributed by atoms with Gasteiger partial charge in [-0.05, 0) is 35.9 Å². The van der Waals surface area contributed by atoms with E-state index in [-0.39, 0.29) is 24.9 Å². The fraction of sp³-hybridized carbons (Fsp3) is 0.188. The number of hydrogen-bond donors (Lipinski definition) is 2. The second-order valence-corrected chi connectivity index (χ2v) is 5.52. The highest BCUT2D eigenvalue weighted by molar-refractivity contribution is 9.10. The Morgan fingerprint density at radius 3 is 2.64 bits per heavy atom. The van der Waals surface area contributed by atoms with Crippen LogP contribution in [0.5, 0.6) is 5.75 Å². The Bertz CT molecular complexity index is 646. The summed E-state index contributed by atoms with van der Waals surface area (Å²) in [5.41, 5.74) is 1.40. The smallest absolute Gasteiger partial charge is 0.258 e. The van der Waals surface area contributed by atoms with E-state index in [1.54, 1.807) is 30.3 Å². The lowest BCUT2D eigenvalue weighted by molar-refractivity contribution is -0.123. The number of aliphatic hydroxyl groups excluding tert-OH is 1. The van der Waals surface area contributed by atoms with Gasteiger partial charge in [0.05, 0.1) is 6.61 Å². The van der Waals surface area contributed by atoms with E-state index in [2.05, 4.69) is 21.2 Å². The summed E-state index contributed by atoms with van der Waals surface area (Å²) in [6.07, 6.45) is 0. The molecule has 0 aliphatic rings. The highest BCUT2D eigenvalue weighted by Crippen LogP contribution is 2.23. The number of amides is 1. The molecule has 0 fully saturated rings. The van der Waals surface area contributed by atoms with Crippen molar-refractivity contribution in [1.29, 1.82) is 0 Å². The summed E-state index contributed by atoms with van der Waals surface area (Å²) in [7, 11) is 0. The topological polar surface area (TPSA) is 58.6 Å². The standard InChI is InChI=1S/C16H15BrFNO3/c17-13-3-6-15(12(7-13)9-20)22-10-16(21)19-8-11-1-4-14(18)5-2-11/h1-7,20H,8-10H2,(H,19,21). The van der Waals surface area contributed by atoms with Crippen molar-refractivity contribution in [2.45, 2.75) is 13.2 Å². The van der Waals surface area contributed by atoms with Crippen molar-refractivity contribution < 1.29 is 19.0 Å². The SMILES string of the molecule is O=C(COc1ccc(Br)cc1CO)NCc1ccc(F)cc1. The molecule has 1 amide bonds. The van der Waals surface area contributed by atoms with Crippen LogP contribution in [0.3, 0.4) is 0 Å². The molecule has 0 atom stereocenters. The molecule has 2 rings (SSSR count). The minimum atomic E-state index is -0.315. The quantitative estimate of drug-likeness (QED) is 0.825. The van der Waals surface area contributed by atoms with Gasteiger partial charge in [-0.1, -0.05) is 28.1 Å². The van der Waals surface area contributed by atoms with E-state index in [0.717, 1.165) is 10.0 Å². The van der Waals surface area contributed by atoms with Crippen LogP contribution < -0.4 is 10.1 Å². The lowest BCUT2D eigenvalue weighted by Crippen LogP contribution is -2.28. The molecule has 0 bridgehead atoms. The zero-order valence-corrected chi connectivity index (χ0v) is 13.3. The van der Waals surface area contributed by atoms with Gasteiger partial charge >= 0.3 is 0 Å². The Labute approximate surface area is 136 Å². The summed E-state index contributed by atoms with van der Waals surface area (Å²) in [5, 5.41) is 11.9. The molecule has 0 radical (unpaired) electrons. The predicted molar refractivity (Wildman–Crippen MR) is 83.8 cm³/mol. The molecule has 0 saturated heterocycles. The summed E-state index contributed by atoms with van der Waals surface area (Å²) >= 11 is 3.30. The Hall–Kier alpha value is -1.92. The molecule has 4 nitrogen and oxygen atoms in total. The number of halogens is 2. The Balaban J connectivity index is 1.84. The first kappa shape index (κ1) is 16.5. The summed E-state index contributed by atoms with van der Waals surface area (Å²) in [6.45, 7) is -0.0303. The molecule has 0 heterocycles. The first-order valence-electron chi connectivity index (χ1n) is 6.61. The van der Waals surface area contributed by atoms with E-state index >= 15 is 0 Å². The molecule has 0 aromatic heterocycles. The average molecular weight is 368 g/mol. The molecular weight excluding hydrogens is 353 g/mol. The van der Waals surface area contributed by atoms with Crippen molar-refractivity contribution in [2.24, 2.45) is 0 Å². The van der Waals surface area contributed by atoms with Crippen molar-refractivity contribution in [2.75, 3.05) is 6.61 Å². The fourth-order valence-corrected chi connectivity index (χ4v) is 2.22. The van der Waals surface area contributed by atoms with Crippen LogP contribution in [-0.2, 0) is 17.9 Å². The van der Waals surface area contributed by atoms with E-state index in [4.69, 9.17) is 4.74 Å². The van der Waals surface area contributed by atoms with Gasteiger partial charge in [-0.3, -0.25) is 4.79 Å². The lowest BCUT2D eigenvalue weighted by atomic mass is 10.2. The molecule has 2 N–H and O–H groups in total. The number of rotatable bonds is 6. The van der Waals surface area contributed by atoms with Crippen LogP contribution in [0.1, 0.15) is 11.1 Å². The van der Waals surface area contributed by atoms with Crippen LogP contribution in [0.25, 0.3) is 0 Å². The monoisotopic (exact) mass is 367 g/mol. The van der Waals surface area contributed by atoms with Gasteiger partial charge in [-0.2, -0.15) is 0 Å². The normalized spacial score (nSPS) is 10.3. The van der Waals surface area contributed by atoms with Crippen molar-refractivity contribution in [3.8, 4) is 5.75 Å². The third-order valence-electron chi connectivity index (χ3n) is 2.95. The summed E-state index contributed by atoms with van der Waals surface area (Å²) in [5.74, 6) is -0.149. The molecule has 0 spiro atoms. The van der Waals surface area contributed by atoms with Crippen LogP contribution in [0.4, 0.5) is 4.39 Å². The van der Waals surface area contributed by atoms with Gasteiger partial charge in [0.25, 0.3) is 5.91 Å². The van der Waals surface area contributed by atoms with E-state index in [0.29, 0.717) is 17.9 Å². The maximum atomic E-state index is 12.8. The van der Waals surface area contributed by atoms with Crippen molar-refractivity contribution in [3.63, 3.8) is 0 Å². The molecular formula is C16H15BrFNO3. The highest BCUT2D eigenvalue weighted by atomic mass is 79.9. The maximum absolute atomic E-state index is 12.8. The number of nitrogens with one attached hydrogen (secondary N) is 1. The van der Waals surface area contributed by atoms with Gasteiger partial charge in [-0.25, -0.2) is 4.39 Å². The largest absolute Gasteiger partial charge is 0.483 e. The van der Waals surface area contributed by atoms with Crippen molar-refractivity contribution in [3.05, 3.63) is 63.9 Å². The second kappa shape index (κ2) is 7.91. The molecule has 2 aromatic carbocycles. The van der Waals surface area contributed by atoms with E-state index in [1.165, 1.54) is 12.1 Å². The summed E-state index contributed by atoms with van der Waals surface area (Å²) in [4.78, 5) is 11.7. The van der Waals surface area contributed by atoms with Crippen LogP contribution >= 0.6 is 15.9 Å². The fourth-order valence-electron chi connectivity index (χ4n) is 1.81. The van der Waals surface area contributed by atoms with Crippen LogP contribution in [0, 0.1) is 5.82 Å². The third-order valence-corrected chi connectivity index (χ3v) is 3.45. The first-order valence-corrected chi connectivity index (χ1v) is 7.41. The zero-order chi connectivity index (χ0) is 15.9. The number of hydrogen-bond acceptors (Lipinski definition) is 3. The Kier molecular flexibility index (Phi) is 5.91. The maximum Gasteiger partial charge on any atom is 0.258 e. The summed E-state index contributed by atoms with van der Waals surface area (Å²) in [6, 6.07) is 11.1. The molecule has 0 aliphatic carbocycles. The molecule has 116 valence electrons. The van der Waals surface area contributed by atoms with Gasteiger partial charge in [0, 0.05) is 16.6 Å². The number of ether oxygens (including phenoxy) is 1. The summed E-state index contributed by atoms with van der Waals surface area (Å²) < 4.78 is 19.0. The number of carbonyl (C=O) groups excluding carboxylic acids is 1. The van der Waals surface area contributed by atoms with Crippen molar-refractivity contribution in [1.82, 2.24) is 5.32 Å². The number of benzene rings is 2. The predicted octanol–water partition coefficient (Wildman–Crippen LogP) is 2.78.